The van der Waals surface area contributed by atoms with E-state index in [4.69, 9.17) is 0 Å². The highest BCUT2D eigenvalue weighted by atomic mass is 15.1. The standard InChI is InChI=1S/C16H25N/c1-16(2,3)15-9-7-14(8-10-15)13-17-11-5-4-6-12-17/h7-10H,4-6,11-13H2,1-3H3. The number of nitrogens with zero attached hydrogens (tertiary/aromatic N) is 1. The van der Waals surface area contributed by atoms with Crippen molar-refractivity contribution in [3.8, 4) is 0 Å². The molecule has 1 aliphatic rings. The highest BCUT2D eigenvalue weighted by molar-refractivity contribution is 5.27. The lowest BCUT2D eigenvalue weighted by atomic mass is 9.87. The summed E-state index contributed by atoms with van der Waals surface area (Å²) in [4.78, 5) is 2.58. The zero-order valence-corrected chi connectivity index (χ0v) is 11.5. The number of benzene rings is 1. The molecule has 0 atom stereocenters. The van der Waals surface area contributed by atoms with E-state index in [-0.39, 0.29) is 5.41 Å². The molecule has 0 aromatic heterocycles. The second-order valence-corrected chi connectivity index (χ2v) is 6.28. The van der Waals surface area contributed by atoms with Gasteiger partial charge in [0.15, 0.2) is 0 Å². The van der Waals surface area contributed by atoms with E-state index in [2.05, 4.69) is 49.9 Å². The fraction of sp³-hybridized carbons (Fsp3) is 0.625. The molecule has 1 nitrogen and oxygen atoms in total. The first-order chi connectivity index (χ1) is 8.05. The van der Waals surface area contributed by atoms with Gasteiger partial charge in [-0.25, -0.2) is 0 Å². The number of likely N-dealkylation sites (tertiary alicyclic amines) is 1. The maximum Gasteiger partial charge on any atom is 0.0233 e. The fourth-order valence-electron chi connectivity index (χ4n) is 2.49. The Bertz CT molecular complexity index is 339. The van der Waals surface area contributed by atoms with Crippen LogP contribution in [0.2, 0.25) is 0 Å². The van der Waals surface area contributed by atoms with Gasteiger partial charge >= 0.3 is 0 Å². The van der Waals surface area contributed by atoms with E-state index >= 15 is 0 Å². The molecule has 1 heteroatoms. The molecule has 1 aromatic carbocycles. The molecular formula is C16H25N. The normalized spacial score (nSPS) is 18.3. The molecule has 0 amide bonds. The Morgan fingerprint density at radius 3 is 2.06 bits per heavy atom. The summed E-state index contributed by atoms with van der Waals surface area (Å²) in [6.45, 7) is 10.5. The summed E-state index contributed by atoms with van der Waals surface area (Å²) in [5.74, 6) is 0. The molecule has 1 aliphatic heterocycles. The Hall–Kier alpha value is -0.820. The van der Waals surface area contributed by atoms with Crippen LogP contribution < -0.4 is 0 Å². The van der Waals surface area contributed by atoms with Gasteiger partial charge in [0, 0.05) is 6.54 Å². The minimum absolute atomic E-state index is 0.268. The quantitative estimate of drug-likeness (QED) is 0.744. The number of piperidine rings is 1. The third-order valence-electron chi connectivity index (χ3n) is 3.67. The number of rotatable bonds is 2. The lowest BCUT2D eigenvalue weighted by Gasteiger charge is -2.26. The maximum absolute atomic E-state index is 2.58. The summed E-state index contributed by atoms with van der Waals surface area (Å²) >= 11 is 0. The largest absolute Gasteiger partial charge is 0.299 e. The maximum atomic E-state index is 2.58. The molecule has 0 bridgehead atoms. The van der Waals surface area contributed by atoms with E-state index in [0.29, 0.717) is 0 Å². The molecule has 1 fully saturated rings. The van der Waals surface area contributed by atoms with Gasteiger partial charge in [-0.2, -0.15) is 0 Å². The van der Waals surface area contributed by atoms with Crippen LogP contribution in [0.15, 0.2) is 24.3 Å². The van der Waals surface area contributed by atoms with Gasteiger partial charge < -0.3 is 0 Å². The Morgan fingerprint density at radius 1 is 0.941 bits per heavy atom. The first-order valence-corrected chi connectivity index (χ1v) is 6.87. The molecule has 0 N–H and O–H groups in total. The second kappa shape index (κ2) is 5.22. The predicted octanol–water partition coefficient (Wildman–Crippen LogP) is 3.97. The molecule has 0 saturated carbocycles. The van der Waals surface area contributed by atoms with Crippen molar-refractivity contribution in [2.75, 3.05) is 13.1 Å². The van der Waals surface area contributed by atoms with E-state index in [9.17, 15) is 0 Å². The van der Waals surface area contributed by atoms with Crippen LogP contribution in [-0.2, 0) is 12.0 Å². The minimum Gasteiger partial charge on any atom is -0.299 e. The van der Waals surface area contributed by atoms with Crippen molar-refractivity contribution < 1.29 is 0 Å². The third kappa shape index (κ3) is 3.57. The lowest BCUT2D eigenvalue weighted by Crippen LogP contribution is -2.29. The SMILES string of the molecule is CC(C)(C)c1ccc(CN2CCCCC2)cc1. The van der Waals surface area contributed by atoms with Gasteiger partial charge in [0.25, 0.3) is 0 Å². The number of hydrogen-bond acceptors (Lipinski definition) is 1. The summed E-state index contributed by atoms with van der Waals surface area (Å²) < 4.78 is 0. The topological polar surface area (TPSA) is 3.24 Å². The summed E-state index contributed by atoms with van der Waals surface area (Å²) in [6, 6.07) is 9.18. The van der Waals surface area contributed by atoms with Crippen molar-refractivity contribution in [3.63, 3.8) is 0 Å². The van der Waals surface area contributed by atoms with Gasteiger partial charge in [0.05, 0.1) is 0 Å². The average molecular weight is 231 g/mol. The third-order valence-corrected chi connectivity index (χ3v) is 3.67. The highest BCUT2D eigenvalue weighted by Crippen LogP contribution is 2.22. The average Bonchev–Trinajstić information content (AvgIpc) is 2.30. The molecule has 1 aromatic rings. The van der Waals surface area contributed by atoms with Gasteiger partial charge in [-0.3, -0.25) is 4.90 Å². The smallest absolute Gasteiger partial charge is 0.0233 e. The van der Waals surface area contributed by atoms with E-state index in [0.717, 1.165) is 6.54 Å². The lowest BCUT2D eigenvalue weighted by molar-refractivity contribution is 0.221. The van der Waals surface area contributed by atoms with Crippen LogP contribution in [0.25, 0.3) is 0 Å². The van der Waals surface area contributed by atoms with Crippen molar-refractivity contribution in [2.24, 2.45) is 0 Å². The second-order valence-electron chi connectivity index (χ2n) is 6.28. The van der Waals surface area contributed by atoms with Crippen LogP contribution in [0, 0.1) is 0 Å². The Balaban J connectivity index is 1.98. The van der Waals surface area contributed by atoms with Crippen LogP contribution in [0.4, 0.5) is 0 Å². The molecule has 94 valence electrons. The van der Waals surface area contributed by atoms with E-state index in [1.54, 1.807) is 0 Å². The molecule has 0 radical (unpaired) electrons. The van der Waals surface area contributed by atoms with Crippen LogP contribution in [-0.4, -0.2) is 18.0 Å². The molecule has 0 unspecified atom stereocenters. The highest BCUT2D eigenvalue weighted by Gasteiger charge is 2.14. The van der Waals surface area contributed by atoms with E-state index < -0.39 is 0 Å². The van der Waals surface area contributed by atoms with Gasteiger partial charge in [-0.05, 0) is 42.5 Å². The Labute approximate surface area is 106 Å². The van der Waals surface area contributed by atoms with Crippen molar-refractivity contribution in [1.82, 2.24) is 4.90 Å². The molecule has 17 heavy (non-hydrogen) atoms. The Kier molecular flexibility index (Phi) is 3.88. The zero-order valence-electron chi connectivity index (χ0n) is 11.5. The summed E-state index contributed by atoms with van der Waals surface area (Å²) in [6.07, 6.45) is 4.17. The fourth-order valence-corrected chi connectivity index (χ4v) is 2.49. The first kappa shape index (κ1) is 12.6. The molecule has 1 saturated heterocycles. The van der Waals surface area contributed by atoms with Crippen molar-refractivity contribution in [3.05, 3.63) is 35.4 Å². The summed E-state index contributed by atoms with van der Waals surface area (Å²) in [7, 11) is 0. The van der Waals surface area contributed by atoms with Crippen LogP contribution >= 0.6 is 0 Å². The van der Waals surface area contributed by atoms with Gasteiger partial charge in [0.2, 0.25) is 0 Å². The first-order valence-electron chi connectivity index (χ1n) is 6.87. The molecule has 0 aliphatic carbocycles. The number of hydrogen-bond donors (Lipinski definition) is 0. The van der Waals surface area contributed by atoms with Gasteiger partial charge in [0.1, 0.15) is 0 Å². The molecular weight excluding hydrogens is 206 g/mol. The van der Waals surface area contributed by atoms with Crippen molar-refractivity contribution in [2.45, 2.75) is 52.0 Å². The molecule has 1 heterocycles. The zero-order chi connectivity index (χ0) is 12.3. The van der Waals surface area contributed by atoms with E-state index in [1.165, 1.54) is 43.5 Å². The monoisotopic (exact) mass is 231 g/mol. The van der Waals surface area contributed by atoms with Gasteiger partial charge in [-0.1, -0.05) is 51.5 Å². The van der Waals surface area contributed by atoms with E-state index in [1.807, 2.05) is 0 Å². The predicted molar refractivity (Wildman–Crippen MR) is 74.3 cm³/mol. The summed E-state index contributed by atoms with van der Waals surface area (Å²) in [5.41, 5.74) is 3.16. The van der Waals surface area contributed by atoms with Crippen molar-refractivity contribution >= 4 is 0 Å². The molecule has 2 rings (SSSR count). The van der Waals surface area contributed by atoms with Crippen molar-refractivity contribution in [1.29, 1.82) is 0 Å². The van der Waals surface area contributed by atoms with Crippen LogP contribution in [0.1, 0.15) is 51.2 Å². The van der Waals surface area contributed by atoms with Gasteiger partial charge in [-0.15, -0.1) is 0 Å². The summed E-state index contributed by atoms with van der Waals surface area (Å²) in [5, 5.41) is 0. The Morgan fingerprint density at radius 2 is 1.53 bits per heavy atom. The van der Waals surface area contributed by atoms with Crippen LogP contribution in [0.5, 0.6) is 0 Å². The minimum atomic E-state index is 0.268. The molecule has 0 spiro atoms. The van der Waals surface area contributed by atoms with Crippen LogP contribution in [0.3, 0.4) is 0 Å².